The Hall–Kier alpha value is -3.38. The van der Waals surface area contributed by atoms with E-state index in [-0.39, 0.29) is 35.9 Å². The first-order valence-electron chi connectivity index (χ1n) is 6.87. The lowest BCUT2D eigenvalue weighted by atomic mass is 10.3. The summed E-state index contributed by atoms with van der Waals surface area (Å²) in [6.45, 7) is 0.224. The number of hydrogen-bond acceptors (Lipinski definition) is 6. The van der Waals surface area contributed by atoms with Crippen LogP contribution in [-0.4, -0.2) is 42.2 Å². The first-order valence-corrected chi connectivity index (χ1v) is 6.87. The van der Waals surface area contributed by atoms with Gasteiger partial charge in [-0.2, -0.15) is 23.3 Å². The smallest absolute Gasteiger partial charge is 0.369 e. The highest BCUT2D eigenvalue weighted by Crippen LogP contribution is 2.27. The van der Waals surface area contributed by atoms with E-state index in [0.717, 1.165) is 0 Å². The van der Waals surface area contributed by atoms with Crippen LogP contribution in [0.25, 0.3) is 11.2 Å². The molecule has 0 aliphatic heterocycles. The highest BCUT2D eigenvalue weighted by Gasteiger charge is 2.33. The second-order valence-electron chi connectivity index (χ2n) is 4.98. The zero-order chi connectivity index (χ0) is 18.2. The molecule has 10 nitrogen and oxygen atoms in total. The fourth-order valence-electron chi connectivity index (χ4n) is 2.10. The van der Waals surface area contributed by atoms with Gasteiger partial charge in [0, 0.05) is 19.2 Å². The molecule has 0 aromatic carbocycles. The van der Waals surface area contributed by atoms with Crippen LogP contribution in [0.5, 0.6) is 0 Å². The number of nitrogen functional groups attached to an aromatic ring is 1. The van der Waals surface area contributed by atoms with Gasteiger partial charge in [0.05, 0.1) is 6.33 Å². The number of aromatic nitrogens is 6. The predicted molar refractivity (Wildman–Crippen MR) is 78.5 cm³/mol. The fourth-order valence-corrected chi connectivity index (χ4v) is 2.10. The van der Waals surface area contributed by atoms with E-state index in [1.54, 1.807) is 5.10 Å². The number of H-pyrrole nitrogens is 2. The van der Waals surface area contributed by atoms with Crippen LogP contribution in [0, 0.1) is 0 Å². The molecule has 0 atom stereocenters. The first-order chi connectivity index (χ1) is 11.8. The number of anilines is 1. The summed E-state index contributed by atoms with van der Waals surface area (Å²) < 4.78 is 38.9. The predicted octanol–water partition coefficient (Wildman–Crippen LogP) is -0.126. The van der Waals surface area contributed by atoms with Gasteiger partial charge >= 0.3 is 6.18 Å². The molecule has 3 heterocycles. The molecule has 0 saturated carbocycles. The van der Waals surface area contributed by atoms with E-state index in [1.807, 2.05) is 0 Å². The highest BCUT2D eigenvalue weighted by atomic mass is 19.4. The molecule has 3 aromatic heterocycles. The maximum atomic E-state index is 12.5. The average Bonchev–Trinajstić information content (AvgIpc) is 3.14. The minimum absolute atomic E-state index is 0.0485. The number of fused-ring (bicyclic) bond motifs is 1. The molecule has 0 spiro atoms. The standard InChI is InChI=1S/C12H11F3N8O2/c13-12(14,15)6-3-5(21-22-6)9(24)17-1-2-23-4-18-7-8(23)19-11(16)20-10(7)25/h3-4H,1-2H2,(H,17,24)(H,21,22)(H3,16,19,20,25). The van der Waals surface area contributed by atoms with Crippen molar-refractivity contribution in [2.75, 3.05) is 12.3 Å². The Morgan fingerprint density at radius 1 is 1.40 bits per heavy atom. The van der Waals surface area contributed by atoms with Crippen molar-refractivity contribution in [3.05, 3.63) is 34.1 Å². The third kappa shape index (κ3) is 3.29. The molecule has 13 heteroatoms. The maximum Gasteiger partial charge on any atom is 0.432 e. The molecule has 0 bridgehead atoms. The third-order valence-corrected chi connectivity index (χ3v) is 3.25. The lowest BCUT2D eigenvalue weighted by Crippen LogP contribution is -2.27. The number of carbonyl (C=O) groups excluding carboxylic acids is 1. The van der Waals surface area contributed by atoms with Gasteiger partial charge in [0.1, 0.15) is 5.69 Å². The molecule has 3 aromatic rings. The molecule has 1 amide bonds. The second-order valence-corrected chi connectivity index (χ2v) is 4.98. The third-order valence-electron chi connectivity index (χ3n) is 3.25. The molecule has 0 unspecified atom stereocenters. The quantitative estimate of drug-likeness (QED) is 0.512. The summed E-state index contributed by atoms with van der Waals surface area (Å²) in [7, 11) is 0. The number of nitrogens with two attached hydrogens (primary N) is 1. The van der Waals surface area contributed by atoms with Crippen LogP contribution in [0.15, 0.2) is 17.2 Å². The molecule has 0 radical (unpaired) electrons. The second kappa shape index (κ2) is 5.92. The maximum absolute atomic E-state index is 12.5. The van der Waals surface area contributed by atoms with Crippen LogP contribution in [0.4, 0.5) is 19.1 Å². The van der Waals surface area contributed by atoms with Crippen LogP contribution >= 0.6 is 0 Å². The summed E-state index contributed by atoms with van der Waals surface area (Å²) >= 11 is 0. The van der Waals surface area contributed by atoms with Crippen molar-refractivity contribution in [3.8, 4) is 0 Å². The van der Waals surface area contributed by atoms with Crippen LogP contribution in [0.2, 0.25) is 0 Å². The molecular weight excluding hydrogens is 345 g/mol. The summed E-state index contributed by atoms with van der Waals surface area (Å²) in [4.78, 5) is 33.6. The van der Waals surface area contributed by atoms with Crippen molar-refractivity contribution in [1.29, 1.82) is 0 Å². The van der Waals surface area contributed by atoms with Gasteiger partial charge in [-0.3, -0.25) is 19.7 Å². The molecule has 0 saturated heterocycles. The van der Waals surface area contributed by atoms with E-state index in [4.69, 9.17) is 5.73 Å². The van der Waals surface area contributed by atoms with Gasteiger partial charge in [0.15, 0.2) is 16.9 Å². The lowest BCUT2D eigenvalue weighted by molar-refractivity contribution is -0.141. The van der Waals surface area contributed by atoms with E-state index in [1.165, 1.54) is 10.9 Å². The van der Waals surface area contributed by atoms with E-state index >= 15 is 0 Å². The van der Waals surface area contributed by atoms with Crippen LogP contribution in [0.1, 0.15) is 16.2 Å². The van der Waals surface area contributed by atoms with Gasteiger partial charge in [-0.05, 0) is 0 Å². The molecular formula is C12H11F3N8O2. The molecule has 25 heavy (non-hydrogen) atoms. The molecule has 132 valence electrons. The lowest BCUT2D eigenvalue weighted by Gasteiger charge is -2.05. The van der Waals surface area contributed by atoms with Gasteiger partial charge in [-0.1, -0.05) is 0 Å². The summed E-state index contributed by atoms with van der Waals surface area (Å²) in [5, 5.41) is 7.49. The Balaban J connectivity index is 1.66. The summed E-state index contributed by atoms with van der Waals surface area (Å²) in [6, 6.07) is 0.615. The Morgan fingerprint density at radius 3 is 2.84 bits per heavy atom. The molecule has 0 fully saturated rings. The van der Waals surface area contributed by atoms with Crippen molar-refractivity contribution < 1.29 is 18.0 Å². The average molecular weight is 356 g/mol. The number of aromatic amines is 2. The number of rotatable bonds is 4. The SMILES string of the molecule is Nc1nc2c(ncn2CCNC(=O)c2cc(C(F)(F)F)[nH]n2)c(=O)[nH]1. The number of imidazole rings is 1. The van der Waals surface area contributed by atoms with E-state index in [2.05, 4.69) is 25.4 Å². The first kappa shape index (κ1) is 16.5. The van der Waals surface area contributed by atoms with Gasteiger partial charge in [-0.15, -0.1) is 0 Å². The fraction of sp³-hybridized carbons (Fsp3) is 0.250. The topological polar surface area (TPSA) is 147 Å². The Labute approximate surface area is 136 Å². The molecule has 5 N–H and O–H groups in total. The van der Waals surface area contributed by atoms with Crippen molar-refractivity contribution in [2.45, 2.75) is 12.7 Å². The number of halogens is 3. The number of alkyl halides is 3. The zero-order valence-electron chi connectivity index (χ0n) is 12.4. The van der Waals surface area contributed by atoms with Crippen molar-refractivity contribution in [2.24, 2.45) is 0 Å². The Morgan fingerprint density at radius 2 is 2.16 bits per heavy atom. The van der Waals surface area contributed by atoms with Crippen molar-refractivity contribution >= 4 is 23.0 Å². The number of hydrogen-bond donors (Lipinski definition) is 4. The Bertz CT molecular complexity index is 986. The molecule has 0 aliphatic carbocycles. The van der Waals surface area contributed by atoms with Crippen LogP contribution in [-0.2, 0) is 12.7 Å². The number of amides is 1. The van der Waals surface area contributed by atoms with E-state index in [9.17, 15) is 22.8 Å². The van der Waals surface area contributed by atoms with E-state index < -0.39 is 23.3 Å². The largest absolute Gasteiger partial charge is 0.432 e. The normalized spacial score (nSPS) is 11.8. The minimum Gasteiger partial charge on any atom is -0.369 e. The Kier molecular flexibility index (Phi) is 3.90. The van der Waals surface area contributed by atoms with E-state index in [0.29, 0.717) is 6.07 Å². The van der Waals surface area contributed by atoms with Gasteiger partial charge in [0.2, 0.25) is 5.95 Å². The highest BCUT2D eigenvalue weighted by molar-refractivity contribution is 5.92. The number of nitrogens with one attached hydrogen (secondary N) is 3. The van der Waals surface area contributed by atoms with Gasteiger partial charge < -0.3 is 15.6 Å². The van der Waals surface area contributed by atoms with Gasteiger partial charge in [0.25, 0.3) is 11.5 Å². The zero-order valence-corrected chi connectivity index (χ0v) is 12.4. The van der Waals surface area contributed by atoms with Crippen LogP contribution in [0.3, 0.4) is 0 Å². The molecule has 3 rings (SSSR count). The summed E-state index contributed by atoms with van der Waals surface area (Å²) in [5.74, 6) is -0.860. The van der Waals surface area contributed by atoms with Crippen molar-refractivity contribution in [1.82, 2.24) is 35.0 Å². The minimum atomic E-state index is -4.61. The molecule has 0 aliphatic rings. The van der Waals surface area contributed by atoms with Crippen molar-refractivity contribution in [3.63, 3.8) is 0 Å². The monoisotopic (exact) mass is 356 g/mol. The summed E-state index contributed by atoms with van der Waals surface area (Å²) in [6.07, 6.45) is -3.27. The van der Waals surface area contributed by atoms with Gasteiger partial charge in [-0.25, -0.2) is 4.98 Å². The van der Waals surface area contributed by atoms with Crippen LogP contribution < -0.4 is 16.6 Å². The number of nitrogens with zero attached hydrogens (tertiary/aromatic N) is 4. The summed E-state index contributed by atoms with van der Waals surface area (Å²) in [5.41, 5.74) is 3.78. The number of carbonyl (C=O) groups is 1.